The van der Waals surface area contributed by atoms with Gasteiger partial charge < -0.3 is 10.1 Å². The topological polar surface area (TPSA) is 34.1 Å². The fourth-order valence-corrected chi connectivity index (χ4v) is 2.82. The lowest BCUT2D eigenvalue weighted by Gasteiger charge is -2.26. The molecule has 0 spiro atoms. The maximum absolute atomic E-state index is 5.54. The van der Waals surface area contributed by atoms with Crippen LogP contribution in [0.2, 0.25) is 0 Å². The molecule has 0 fully saturated rings. The van der Waals surface area contributed by atoms with Crippen LogP contribution in [-0.4, -0.2) is 18.6 Å². The molecule has 20 heavy (non-hydrogen) atoms. The van der Waals surface area contributed by atoms with Gasteiger partial charge in [-0.1, -0.05) is 27.7 Å². The summed E-state index contributed by atoms with van der Waals surface area (Å²) < 4.78 is 5.54. The summed E-state index contributed by atoms with van der Waals surface area (Å²) in [5.41, 5.74) is 1.59. The minimum absolute atomic E-state index is 0.334. The monoisotopic (exact) mass is 278 g/mol. The van der Waals surface area contributed by atoms with Gasteiger partial charge in [-0.2, -0.15) is 0 Å². The molecule has 1 aromatic rings. The molecule has 0 aromatic carbocycles. The molecule has 2 atom stereocenters. The number of ether oxygens (including phenoxy) is 1. The number of pyridine rings is 1. The van der Waals surface area contributed by atoms with Gasteiger partial charge in [0.1, 0.15) is 5.75 Å². The molecule has 3 nitrogen and oxygen atoms in total. The van der Waals surface area contributed by atoms with Crippen molar-refractivity contribution in [3.8, 4) is 5.75 Å². The smallest absolute Gasteiger partial charge is 0.137 e. The van der Waals surface area contributed by atoms with Crippen molar-refractivity contribution in [2.45, 2.75) is 53.5 Å². The molecule has 0 saturated heterocycles. The first-order chi connectivity index (χ1) is 9.35. The summed E-state index contributed by atoms with van der Waals surface area (Å²) in [6.45, 7) is 11.9. The second kappa shape index (κ2) is 7.63. The normalized spacial score (nSPS) is 14.9. The van der Waals surface area contributed by atoms with Crippen molar-refractivity contribution in [2.24, 2.45) is 11.3 Å². The first-order valence-electron chi connectivity index (χ1n) is 7.60. The van der Waals surface area contributed by atoms with Crippen molar-refractivity contribution in [1.29, 1.82) is 0 Å². The molecule has 0 bridgehead atoms. The van der Waals surface area contributed by atoms with Crippen LogP contribution in [0.25, 0.3) is 0 Å². The lowest BCUT2D eigenvalue weighted by molar-refractivity contribution is 0.278. The third-order valence-electron chi connectivity index (χ3n) is 3.40. The first-order valence-corrected chi connectivity index (χ1v) is 7.60. The molecule has 1 aromatic heterocycles. The van der Waals surface area contributed by atoms with Crippen LogP contribution in [0, 0.1) is 11.3 Å². The molecule has 3 heteroatoms. The summed E-state index contributed by atoms with van der Waals surface area (Å²) in [5, 5.41) is 3.41. The van der Waals surface area contributed by atoms with Gasteiger partial charge in [0.15, 0.2) is 0 Å². The lowest BCUT2D eigenvalue weighted by Crippen LogP contribution is -2.21. The quantitative estimate of drug-likeness (QED) is 0.811. The summed E-state index contributed by atoms with van der Waals surface area (Å²) in [4.78, 5) is 4.29. The van der Waals surface area contributed by atoms with E-state index in [4.69, 9.17) is 4.74 Å². The van der Waals surface area contributed by atoms with Crippen LogP contribution in [-0.2, 0) is 0 Å². The van der Waals surface area contributed by atoms with E-state index in [-0.39, 0.29) is 0 Å². The highest BCUT2D eigenvalue weighted by molar-refractivity contribution is 5.26. The van der Waals surface area contributed by atoms with Crippen LogP contribution in [0.5, 0.6) is 5.75 Å². The summed E-state index contributed by atoms with van der Waals surface area (Å²) >= 11 is 0. The Morgan fingerprint density at radius 1 is 1.30 bits per heavy atom. The molecule has 0 aliphatic heterocycles. The van der Waals surface area contributed by atoms with E-state index in [1.807, 2.05) is 20.2 Å². The fraction of sp³-hybridized carbons (Fsp3) is 0.706. The van der Waals surface area contributed by atoms with E-state index in [1.165, 1.54) is 12.0 Å². The van der Waals surface area contributed by atoms with Crippen LogP contribution in [0.1, 0.15) is 59.1 Å². The number of hydrogen-bond donors (Lipinski definition) is 1. The summed E-state index contributed by atoms with van der Waals surface area (Å²) in [6, 6.07) is 2.43. The predicted octanol–water partition coefficient (Wildman–Crippen LogP) is 4.20. The second-order valence-electron chi connectivity index (χ2n) is 6.83. The van der Waals surface area contributed by atoms with E-state index < -0.39 is 0 Å². The molecule has 114 valence electrons. The van der Waals surface area contributed by atoms with Gasteiger partial charge in [-0.25, -0.2) is 0 Å². The SMILES string of the molecule is CCOc1cncc(C(CC(C)CC(C)(C)C)NC)c1. The molecular weight excluding hydrogens is 248 g/mol. The van der Waals surface area contributed by atoms with Gasteiger partial charge in [-0.15, -0.1) is 0 Å². The Morgan fingerprint density at radius 3 is 2.55 bits per heavy atom. The Labute approximate surface area is 124 Å². The van der Waals surface area contributed by atoms with Crippen molar-refractivity contribution in [3.63, 3.8) is 0 Å². The molecule has 0 aliphatic carbocycles. The third kappa shape index (κ3) is 5.91. The Morgan fingerprint density at radius 2 is 2.00 bits per heavy atom. The Balaban J connectivity index is 2.72. The van der Waals surface area contributed by atoms with Gasteiger partial charge in [-0.05, 0) is 49.8 Å². The van der Waals surface area contributed by atoms with Gasteiger partial charge in [0, 0.05) is 12.2 Å². The standard InChI is InChI=1S/C17H30N2O/c1-7-20-15-9-14(11-19-12-15)16(18-6)8-13(2)10-17(3,4)5/h9,11-13,16,18H,7-8,10H2,1-6H3. The predicted molar refractivity (Wildman–Crippen MR) is 85.1 cm³/mol. The highest BCUT2D eigenvalue weighted by atomic mass is 16.5. The largest absolute Gasteiger partial charge is 0.492 e. The lowest BCUT2D eigenvalue weighted by atomic mass is 9.82. The number of rotatable bonds is 7. The Hall–Kier alpha value is -1.09. The maximum Gasteiger partial charge on any atom is 0.137 e. The van der Waals surface area contributed by atoms with Crippen molar-refractivity contribution in [1.82, 2.24) is 10.3 Å². The zero-order valence-electron chi connectivity index (χ0n) is 13.9. The molecular formula is C17H30N2O. The molecule has 1 N–H and O–H groups in total. The minimum Gasteiger partial charge on any atom is -0.492 e. The van der Waals surface area contributed by atoms with Crippen LogP contribution in [0.15, 0.2) is 18.5 Å². The highest BCUT2D eigenvalue weighted by Gasteiger charge is 2.19. The molecule has 0 radical (unpaired) electrons. The maximum atomic E-state index is 5.54. The summed E-state index contributed by atoms with van der Waals surface area (Å²) in [7, 11) is 2.02. The van der Waals surface area contributed by atoms with Gasteiger partial charge in [0.2, 0.25) is 0 Å². The third-order valence-corrected chi connectivity index (χ3v) is 3.40. The van der Waals surface area contributed by atoms with Gasteiger partial charge >= 0.3 is 0 Å². The number of aromatic nitrogens is 1. The van der Waals surface area contributed by atoms with E-state index in [2.05, 4.69) is 44.1 Å². The number of nitrogens with one attached hydrogen (secondary N) is 1. The summed E-state index contributed by atoms with van der Waals surface area (Å²) in [6.07, 6.45) is 6.06. The molecule has 2 unspecified atom stereocenters. The van der Waals surface area contributed by atoms with Crippen molar-refractivity contribution < 1.29 is 4.74 Å². The average Bonchev–Trinajstić information content (AvgIpc) is 2.34. The zero-order valence-corrected chi connectivity index (χ0v) is 13.9. The number of hydrogen-bond acceptors (Lipinski definition) is 3. The number of nitrogens with zero attached hydrogens (tertiary/aromatic N) is 1. The molecule has 0 amide bonds. The van der Waals surface area contributed by atoms with E-state index in [0.29, 0.717) is 24.0 Å². The second-order valence-corrected chi connectivity index (χ2v) is 6.83. The Kier molecular flexibility index (Phi) is 6.47. The van der Waals surface area contributed by atoms with Gasteiger partial charge in [0.05, 0.1) is 12.8 Å². The first kappa shape index (κ1) is 17.0. The zero-order chi connectivity index (χ0) is 15.2. The van der Waals surface area contributed by atoms with Crippen LogP contribution < -0.4 is 10.1 Å². The molecule has 1 rings (SSSR count). The van der Waals surface area contributed by atoms with Crippen LogP contribution in [0.4, 0.5) is 0 Å². The van der Waals surface area contributed by atoms with Gasteiger partial charge in [0.25, 0.3) is 0 Å². The van der Waals surface area contributed by atoms with E-state index in [0.717, 1.165) is 12.2 Å². The summed E-state index contributed by atoms with van der Waals surface area (Å²) in [5.74, 6) is 1.52. The fourth-order valence-electron chi connectivity index (χ4n) is 2.82. The molecule has 1 heterocycles. The minimum atomic E-state index is 0.334. The van der Waals surface area contributed by atoms with Gasteiger partial charge in [-0.3, -0.25) is 4.98 Å². The van der Waals surface area contributed by atoms with Crippen LogP contribution in [0.3, 0.4) is 0 Å². The van der Waals surface area contributed by atoms with E-state index >= 15 is 0 Å². The molecule has 0 saturated carbocycles. The van der Waals surface area contributed by atoms with E-state index in [1.54, 1.807) is 6.20 Å². The highest BCUT2D eigenvalue weighted by Crippen LogP contribution is 2.30. The van der Waals surface area contributed by atoms with Crippen molar-refractivity contribution in [2.75, 3.05) is 13.7 Å². The van der Waals surface area contributed by atoms with Crippen molar-refractivity contribution >= 4 is 0 Å². The average molecular weight is 278 g/mol. The van der Waals surface area contributed by atoms with Crippen molar-refractivity contribution in [3.05, 3.63) is 24.0 Å². The van der Waals surface area contributed by atoms with E-state index in [9.17, 15) is 0 Å². The Bertz CT molecular complexity index is 398. The molecule has 0 aliphatic rings. The van der Waals surface area contributed by atoms with Crippen LogP contribution >= 0.6 is 0 Å².